The molecule has 25 heavy (non-hydrogen) atoms. The summed E-state index contributed by atoms with van der Waals surface area (Å²) < 4.78 is 10.5. The summed E-state index contributed by atoms with van der Waals surface area (Å²) in [5.74, 6) is 1.11. The number of thiazole rings is 1. The second-order valence-corrected chi connectivity index (χ2v) is 7.51. The van der Waals surface area contributed by atoms with Crippen LogP contribution in [0.5, 0.6) is 11.5 Å². The molecule has 0 fully saturated rings. The van der Waals surface area contributed by atoms with Crippen LogP contribution in [0.15, 0.2) is 35.7 Å². The minimum atomic E-state index is -0.0892. The van der Waals surface area contributed by atoms with Crippen molar-refractivity contribution in [3.8, 4) is 22.1 Å². The molecule has 0 spiro atoms. The lowest BCUT2D eigenvalue weighted by Crippen LogP contribution is -2.14. The van der Waals surface area contributed by atoms with Crippen LogP contribution in [0.4, 0.5) is 5.69 Å². The van der Waals surface area contributed by atoms with Crippen molar-refractivity contribution in [2.24, 2.45) is 0 Å². The number of methoxy groups -OCH3 is 2. The van der Waals surface area contributed by atoms with Crippen LogP contribution in [-0.2, 0) is 11.2 Å². The predicted molar refractivity (Wildman–Crippen MR) is 102 cm³/mol. The Bertz CT molecular complexity index is 873. The lowest BCUT2D eigenvalue weighted by Gasteiger charge is -2.10. The zero-order chi connectivity index (χ0) is 17.8. The molecule has 3 aromatic rings. The van der Waals surface area contributed by atoms with E-state index in [0.717, 1.165) is 20.5 Å². The Kier molecular flexibility index (Phi) is 5.35. The molecule has 0 aliphatic carbocycles. The van der Waals surface area contributed by atoms with E-state index in [2.05, 4.69) is 10.3 Å². The number of nitrogens with zero attached hydrogens (tertiary/aromatic N) is 1. The van der Waals surface area contributed by atoms with Gasteiger partial charge in [0.1, 0.15) is 0 Å². The van der Waals surface area contributed by atoms with Gasteiger partial charge in [-0.1, -0.05) is 6.07 Å². The van der Waals surface area contributed by atoms with Crippen LogP contribution in [0.1, 0.15) is 9.88 Å². The number of carbonyl (C=O) groups excluding carboxylic acids is 1. The van der Waals surface area contributed by atoms with Crippen LogP contribution in [0.2, 0.25) is 0 Å². The summed E-state index contributed by atoms with van der Waals surface area (Å²) in [7, 11) is 3.14. The van der Waals surface area contributed by atoms with Crippen molar-refractivity contribution in [2.75, 3.05) is 19.5 Å². The van der Waals surface area contributed by atoms with E-state index in [-0.39, 0.29) is 12.3 Å². The van der Waals surface area contributed by atoms with E-state index in [9.17, 15) is 4.79 Å². The number of benzene rings is 1. The Morgan fingerprint density at radius 1 is 1.20 bits per heavy atom. The smallest absolute Gasteiger partial charge is 0.229 e. The minimum Gasteiger partial charge on any atom is -0.493 e. The summed E-state index contributed by atoms with van der Waals surface area (Å²) in [5, 5.41) is 5.87. The maximum atomic E-state index is 12.5. The second-order valence-electron chi connectivity index (χ2n) is 5.28. The maximum absolute atomic E-state index is 12.5. The largest absolute Gasteiger partial charge is 0.493 e. The third kappa shape index (κ3) is 4.00. The monoisotopic (exact) mass is 374 g/mol. The summed E-state index contributed by atoms with van der Waals surface area (Å²) in [6.45, 7) is 1.96. The van der Waals surface area contributed by atoms with Gasteiger partial charge in [-0.25, -0.2) is 4.98 Å². The number of rotatable bonds is 6. The normalized spacial score (nSPS) is 10.5. The Labute approximate surface area is 154 Å². The molecule has 1 amide bonds. The minimum absolute atomic E-state index is 0.0892. The van der Waals surface area contributed by atoms with Gasteiger partial charge in [-0.2, -0.15) is 0 Å². The van der Waals surface area contributed by atoms with Gasteiger partial charge in [0.05, 0.1) is 36.2 Å². The van der Waals surface area contributed by atoms with E-state index < -0.39 is 0 Å². The van der Waals surface area contributed by atoms with Gasteiger partial charge in [0.15, 0.2) is 11.5 Å². The highest BCUT2D eigenvalue weighted by Crippen LogP contribution is 2.32. The fourth-order valence-corrected chi connectivity index (χ4v) is 4.21. The van der Waals surface area contributed by atoms with Gasteiger partial charge in [0, 0.05) is 16.6 Å². The summed E-state index contributed by atoms with van der Waals surface area (Å²) in [5.41, 5.74) is 1.57. The van der Waals surface area contributed by atoms with E-state index in [1.54, 1.807) is 55.1 Å². The van der Waals surface area contributed by atoms with E-state index in [0.29, 0.717) is 17.2 Å². The number of anilines is 1. The first-order valence-electron chi connectivity index (χ1n) is 7.62. The first kappa shape index (κ1) is 17.4. The van der Waals surface area contributed by atoms with Crippen molar-refractivity contribution >= 4 is 34.3 Å². The van der Waals surface area contributed by atoms with Gasteiger partial charge in [-0.15, -0.1) is 22.7 Å². The molecule has 0 bridgehead atoms. The van der Waals surface area contributed by atoms with E-state index in [1.807, 2.05) is 24.4 Å². The highest BCUT2D eigenvalue weighted by molar-refractivity contribution is 7.15. The summed E-state index contributed by atoms with van der Waals surface area (Å²) in [4.78, 5) is 19.1. The molecule has 1 aromatic carbocycles. The average molecular weight is 374 g/mol. The van der Waals surface area contributed by atoms with Crippen molar-refractivity contribution in [3.05, 3.63) is 45.6 Å². The maximum Gasteiger partial charge on any atom is 0.229 e. The standard InChI is InChI=1S/C18H18N2O3S2/c1-11-19-18(15-5-4-8-24-15)16(25-11)10-17(21)20-12-6-7-13(22-2)14(9-12)23-3/h4-9H,10H2,1-3H3,(H,20,21). The molecule has 0 atom stereocenters. The quantitative estimate of drug-likeness (QED) is 0.696. The first-order valence-corrected chi connectivity index (χ1v) is 9.32. The Hall–Kier alpha value is -2.38. The van der Waals surface area contributed by atoms with Crippen molar-refractivity contribution in [1.29, 1.82) is 0 Å². The van der Waals surface area contributed by atoms with E-state index in [4.69, 9.17) is 9.47 Å². The van der Waals surface area contributed by atoms with Crippen molar-refractivity contribution in [3.63, 3.8) is 0 Å². The summed E-state index contributed by atoms with van der Waals surface area (Å²) in [6.07, 6.45) is 0.285. The molecule has 0 saturated carbocycles. The fraction of sp³-hybridized carbons (Fsp3) is 0.222. The first-order chi connectivity index (χ1) is 12.1. The molecule has 0 radical (unpaired) electrons. The van der Waals surface area contributed by atoms with Crippen LogP contribution < -0.4 is 14.8 Å². The number of aryl methyl sites for hydroxylation is 1. The summed E-state index contributed by atoms with van der Waals surface area (Å²) >= 11 is 3.18. The average Bonchev–Trinajstić information content (AvgIpc) is 3.24. The van der Waals surface area contributed by atoms with Crippen LogP contribution in [0.25, 0.3) is 10.6 Å². The topological polar surface area (TPSA) is 60.5 Å². The molecular formula is C18H18N2O3S2. The predicted octanol–water partition coefficient (Wildman–Crippen LogP) is 4.38. The van der Waals surface area contributed by atoms with Gasteiger partial charge >= 0.3 is 0 Å². The number of thiophene rings is 1. The molecule has 3 rings (SSSR count). The van der Waals surface area contributed by atoms with Crippen LogP contribution in [0, 0.1) is 6.92 Å². The number of amides is 1. The van der Waals surface area contributed by atoms with Crippen molar-refractivity contribution < 1.29 is 14.3 Å². The van der Waals surface area contributed by atoms with Gasteiger partial charge in [0.25, 0.3) is 0 Å². The van der Waals surface area contributed by atoms with Crippen LogP contribution in [-0.4, -0.2) is 25.1 Å². The zero-order valence-electron chi connectivity index (χ0n) is 14.2. The molecule has 2 heterocycles. The SMILES string of the molecule is COc1ccc(NC(=O)Cc2sc(C)nc2-c2cccs2)cc1OC. The number of carbonyl (C=O) groups is 1. The Morgan fingerprint density at radius 2 is 2.00 bits per heavy atom. The highest BCUT2D eigenvalue weighted by Gasteiger charge is 2.16. The number of hydrogen-bond donors (Lipinski definition) is 1. The van der Waals surface area contributed by atoms with Gasteiger partial charge in [-0.05, 0) is 30.5 Å². The summed E-state index contributed by atoms with van der Waals surface area (Å²) in [6, 6.07) is 9.31. The zero-order valence-corrected chi connectivity index (χ0v) is 15.8. The molecule has 0 unspecified atom stereocenters. The van der Waals surface area contributed by atoms with E-state index in [1.165, 1.54) is 0 Å². The lowest BCUT2D eigenvalue weighted by atomic mass is 10.2. The van der Waals surface area contributed by atoms with Crippen molar-refractivity contribution in [1.82, 2.24) is 4.98 Å². The molecule has 1 N–H and O–H groups in total. The molecule has 0 aliphatic rings. The third-order valence-corrected chi connectivity index (χ3v) is 5.39. The second kappa shape index (κ2) is 7.67. The lowest BCUT2D eigenvalue weighted by molar-refractivity contribution is -0.115. The molecule has 5 nitrogen and oxygen atoms in total. The molecule has 130 valence electrons. The number of ether oxygens (including phenoxy) is 2. The van der Waals surface area contributed by atoms with Gasteiger partial charge in [-0.3, -0.25) is 4.79 Å². The fourth-order valence-electron chi connectivity index (χ4n) is 2.46. The van der Waals surface area contributed by atoms with Gasteiger partial charge < -0.3 is 14.8 Å². The van der Waals surface area contributed by atoms with Crippen molar-refractivity contribution in [2.45, 2.75) is 13.3 Å². The third-order valence-electron chi connectivity index (χ3n) is 3.55. The molecule has 0 aliphatic heterocycles. The molecule has 0 saturated heterocycles. The molecule has 7 heteroatoms. The molecular weight excluding hydrogens is 356 g/mol. The Morgan fingerprint density at radius 3 is 2.68 bits per heavy atom. The number of aromatic nitrogens is 1. The van der Waals surface area contributed by atoms with Crippen LogP contribution >= 0.6 is 22.7 Å². The van der Waals surface area contributed by atoms with Crippen LogP contribution in [0.3, 0.4) is 0 Å². The van der Waals surface area contributed by atoms with Gasteiger partial charge in [0.2, 0.25) is 5.91 Å². The van der Waals surface area contributed by atoms with E-state index >= 15 is 0 Å². The Balaban J connectivity index is 1.76. The number of nitrogens with one attached hydrogen (secondary N) is 1. The highest BCUT2D eigenvalue weighted by atomic mass is 32.1. The molecule has 2 aromatic heterocycles. The number of hydrogen-bond acceptors (Lipinski definition) is 6.